The van der Waals surface area contributed by atoms with Crippen LogP contribution in [0.4, 0.5) is 4.39 Å². The molecule has 0 radical (unpaired) electrons. The van der Waals surface area contributed by atoms with Gasteiger partial charge in [0, 0.05) is 18.0 Å². The molecule has 0 bridgehead atoms. The van der Waals surface area contributed by atoms with Crippen LogP contribution in [-0.2, 0) is 14.8 Å². The van der Waals surface area contributed by atoms with Gasteiger partial charge in [-0.25, -0.2) is 17.5 Å². The van der Waals surface area contributed by atoms with Crippen molar-refractivity contribution in [1.82, 2.24) is 4.72 Å². The van der Waals surface area contributed by atoms with Crippen LogP contribution in [0, 0.1) is 5.82 Å². The summed E-state index contributed by atoms with van der Waals surface area (Å²) in [7, 11) is -3.94. The molecule has 0 saturated heterocycles. The monoisotopic (exact) mass is 309 g/mol. The summed E-state index contributed by atoms with van der Waals surface area (Å²) in [6.07, 6.45) is 0.679. The first-order valence-corrected chi connectivity index (χ1v) is 7.35. The van der Waals surface area contributed by atoms with E-state index < -0.39 is 26.7 Å². The zero-order chi connectivity index (χ0) is 14.5. The molecule has 0 atom stereocenters. The van der Waals surface area contributed by atoms with Crippen molar-refractivity contribution in [2.45, 2.75) is 24.2 Å². The lowest BCUT2D eigenvalue weighted by Crippen LogP contribution is -2.25. The molecule has 0 aliphatic heterocycles. The van der Waals surface area contributed by atoms with Gasteiger partial charge in [0.25, 0.3) is 0 Å². The Balaban J connectivity index is 2.59. The second kappa shape index (κ2) is 6.83. The number of rotatable bonds is 7. The van der Waals surface area contributed by atoms with E-state index in [1.165, 1.54) is 6.07 Å². The lowest BCUT2D eigenvalue weighted by Gasteiger charge is -2.07. The number of sulfonamides is 1. The van der Waals surface area contributed by atoms with Gasteiger partial charge in [0.05, 0.1) is 0 Å². The van der Waals surface area contributed by atoms with Crippen molar-refractivity contribution in [2.75, 3.05) is 6.54 Å². The Kier molecular flexibility index (Phi) is 5.71. The number of aliphatic carboxylic acids is 1. The Hall–Kier alpha value is -1.18. The standard InChI is InChI=1S/C11H13ClFNO4S/c12-8-4-5-10(9(13)7-8)19(17,18)14-6-2-1-3-11(15)16/h4-5,7,14H,1-3,6H2,(H,15,16). The third-order valence-electron chi connectivity index (χ3n) is 2.29. The minimum absolute atomic E-state index is 0.0307. The van der Waals surface area contributed by atoms with E-state index in [0.29, 0.717) is 12.8 Å². The van der Waals surface area contributed by atoms with Crippen molar-refractivity contribution in [2.24, 2.45) is 0 Å². The van der Waals surface area contributed by atoms with Crippen molar-refractivity contribution in [1.29, 1.82) is 0 Å². The maximum absolute atomic E-state index is 13.4. The second-order valence-electron chi connectivity index (χ2n) is 3.82. The molecule has 1 rings (SSSR count). The van der Waals surface area contributed by atoms with Gasteiger partial charge in [0.2, 0.25) is 10.0 Å². The van der Waals surface area contributed by atoms with E-state index in [2.05, 4.69) is 4.72 Å². The number of carboxylic acids is 1. The lowest BCUT2D eigenvalue weighted by molar-refractivity contribution is -0.137. The summed E-state index contributed by atoms with van der Waals surface area (Å²) in [5.41, 5.74) is 0. The third kappa shape index (κ3) is 5.14. The maximum Gasteiger partial charge on any atom is 0.303 e. The van der Waals surface area contributed by atoms with Crippen LogP contribution in [0.1, 0.15) is 19.3 Å². The average molecular weight is 310 g/mol. The molecule has 0 amide bonds. The second-order valence-corrected chi connectivity index (χ2v) is 6.00. The van der Waals surface area contributed by atoms with Crippen LogP contribution < -0.4 is 4.72 Å². The number of unbranched alkanes of at least 4 members (excludes halogenated alkanes) is 1. The Bertz CT molecular complexity index is 562. The van der Waals surface area contributed by atoms with E-state index in [4.69, 9.17) is 16.7 Å². The maximum atomic E-state index is 13.4. The highest BCUT2D eigenvalue weighted by atomic mass is 35.5. The van der Waals surface area contributed by atoms with E-state index >= 15 is 0 Å². The Labute approximate surface area is 115 Å². The van der Waals surface area contributed by atoms with Crippen molar-refractivity contribution in [3.8, 4) is 0 Å². The fraction of sp³-hybridized carbons (Fsp3) is 0.364. The van der Waals surface area contributed by atoms with Crippen LogP contribution in [0.5, 0.6) is 0 Å². The van der Waals surface area contributed by atoms with Gasteiger partial charge in [-0.05, 0) is 31.0 Å². The number of benzene rings is 1. The first kappa shape index (κ1) is 15.9. The number of hydrogen-bond donors (Lipinski definition) is 2. The van der Waals surface area contributed by atoms with E-state index in [1.54, 1.807) is 0 Å². The minimum Gasteiger partial charge on any atom is -0.481 e. The van der Waals surface area contributed by atoms with Crippen molar-refractivity contribution in [3.05, 3.63) is 29.0 Å². The number of nitrogens with one attached hydrogen (secondary N) is 1. The quantitative estimate of drug-likeness (QED) is 0.755. The van der Waals surface area contributed by atoms with Gasteiger partial charge in [-0.2, -0.15) is 0 Å². The fourth-order valence-electron chi connectivity index (χ4n) is 1.38. The first-order valence-electron chi connectivity index (χ1n) is 5.49. The summed E-state index contributed by atoms with van der Waals surface area (Å²) in [5.74, 6) is -1.86. The molecule has 0 aliphatic carbocycles. The predicted molar refractivity (Wildman–Crippen MR) is 68.1 cm³/mol. The van der Waals surface area contributed by atoms with Crippen LogP contribution in [0.25, 0.3) is 0 Å². The van der Waals surface area contributed by atoms with Crippen molar-refractivity contribution >= 4 is 27.6 Å². The largest absolute Gasteiger partial charge is 0.481 e. The molecule has 0 unspecified atom stereocenters. The zero-order valence-electron chi connectivity index (χ0n) is 9.90. The van der Waals surface area contributed by atoms with Gasteiger partial charge in [-0.3, -0.25) is 4.79 Å². The highest BCUT2D eigenvalue weighted by molar-refractivity contribution is 7.89. The van der Waals surface area contributed by atoms with Crippen LogP contribution in [0.2, 0.25) is 5.02 Å². The summed E-state index contributed by atoms with van der Waals surface area (Å²) >= 11 is 5.53. The molecule has 0 heterocycles. The van der Waals surface area contributed by atoms with Crippen molar-refractivity contribution < 1.29 is 22.7 Å². The molecular formula is C11H13ClFNO4S. The topological polar surface area (TPSA) is 83.5 Å². The Morgan fingerprint density at radius 1 is 1.37 bits per heavy atom. The molecule has 0 spiro atoms. The van der Waals surface area contributed by atoms with Gasteiger partial charge in [0.15, 0.2) is 0 Å². The van der Waals surface area contributed by atoms with E-state index in [1.807, 2.05) is 0 Å². The van der Waals surface area contributed by atoms with Gasteiger partial charge in [0.1, 0.15) is 10.7 Å². The lowest BCUT2D eigenvalue weighted by atomic mass is 10.2. The summed E-state index contributed by atoms with van der Waals surface area (Å²) < 4.78 is 39.2. The molecule has 0 aliphatic rings. The first-order chi connectivity index (χ1) is 8.83. The summed E-state index contributed by atoms with van der Waals surface area (Å²) in [6.45, 7) is 0.0533. The predicted octanol–water partition coefficient (Wildman–Crippen LogP) is 2.01. The molecule has 2 N–H and O–H groups in total. The molecule has 106 valence electrons. The molecule has 5 nitrogen and oxygen atoms in total. The van der Waals surface area contributed by atoms with Crippen LogP contribution in [-0.4, -0.2) is 26.0 Å². The molecule has 1 aromatic rings. The average Bonchev–Trinajstić information content (AvgIpc) is 2.27. The molecular weight excluding hydrogens is 297 g/mol. The number of hydrogen-bond acceptors (Lipinski definition) is 3. The van der Waals surface area contributed by atoms with E-state index in [9.17, 15) is 17.6 Å². The van der Waals surface area contributed by atoms with Crippen LogP contribution in [0.3, 0.4) is 0 Å². The molecule has 0 saturated carbocycles. The van der Waals surface area contributed by atoms with Crippen molar-refractivity contribution in [3.63, 3.8) is 0 Å². The molecule has 1 aromatic carbocycles. The van der Waals surface area contributed by atoms with Crippen LogP contribution in [0.15, 0.2) is 23.1 Å². The fourth-order valence-corrected chi connectivity index (χ4v) is 2.67. The van der Waals surface area contributed by atoms with Crippen LogP contribution >= 0.6 is 11.6 Å². The minimum atomic E-state index is -3.94. The number of carboxylic acid groups (broad SMARTS) is 1. The third-order valence-corrected chi connectivity index (χ3v) is 4.02. The molecule has 19 heavy (non-hydrogen) atoms. The smallest absolute Gasteiger partial charge is 0.303 e. The highest BCUT2D eigenvalue weighted by Gasteiger charge is 2.18. The molecule has 0 aromatic heterocycles. The highest BCUT2D eigenvalue weighted by Crippen LogP contribution is 2.18. The summed E-state index contributed by atoms with van der Waals surface area (Å²) in [6, 6.07) is 3.28. The van der Waals surface area contributed by atoms with E-state index in [-0.39, 0.29) is 18.0 Å². The summed E-state index contributed by atoms with van der Waals surface area (Å²) in [5, 5.41) is 8.52. The molecule has 0 fully saturated rings. The molecule has 8 heteroatoms. The number of halogens is 2. The van der Waals surface area contributed by atoms with Gasteiger partial charge < -0.3 is 5.11 Å². The van der Waals surface area contributed by atoms with Gasteiger partial charge >= 0.3 is 5.97 Å². The zero-order valence-corrected chi connectivity index (χ0v) is 11.5. The number of carbonyl (C=O) groups is 1. The normalized spacial score (nSPS) is 11.5. The SMILES string of the molecule is O=C(O)CCCCNS(=O)(=O)c1ccc(Cl)cc1F. The van der Waals surface area contributed by atoms with Gasteiger partial charge in [-0.1, -0.05) is 11.6 Å². The Morgan fingerprint density at radius 2 is 2.05 bits per heavy atom. The summed E-state index contributed by atoms with van der Waals surface area (Å²) in [4.78, 5) is 9.78. The van der Waals surface area contributed by atoms with Gasteiger partial charge in [-0.15, -0.1) is 0 Å². The van der Waals surface area contributed by atoms with E-state index in [0.717, 1.165) is 12.1 Å². The Morgan fingerprint density at radius 3 is 2.63 bits per heavy atom.